The van der Waals surface area contributed by atoms with E-state index in [1.165, 1.54) is 10.7 Å². The highest BCUT2D eigenvalue weighted by Crippen LogP contribution is 2.24. The first-order chi connectivity index (χ1) is 14.4. The number of rotatable bonds is 4. The van der Waals surface area contributed by atoms with Crippen LogP contribution in [-0.2, 0) is 7.05 Å². The molecule has 0 radical (unpaired) electrons. The van der Waals surface area contributed by atoms with E-state index in [4.69, 9.17) is 0 Å². The lowest BCUT2D eigenvalue weighted by atomic mass is 9.98. The molecule has 1 aromatic heterocycles. The predicted octanol–water partition coefficient (Wildman–Crippen LogP) is 3.59. The second-order valence-corrected chi connectivity index (χ2v) is 6.91. The van der Waals surface area contributed by atoms with Gasteiger partial charge in [-0.1, -0.05) is 42.5 Å². The maximum atomic E-state index is 13.1. The van der Waals surface area contributed by atoms with Gasteiger partial charge in [-0.15, -0.1) is 0 Å². The van der Waals surface area contributed by atoms with Gasteiger partial charge in [-0.2, -0.15) is 0 Å². The quantitative estimate of drug-likeness (QED) is 0.547. The van der Waals surface area contributed by atoms with E-state index in [0.717, 1.165) is 0 Å². The van der Waals surface area contributed by atoms with Crippen LogP contribution in [0.2, 0.25) is 0 Å². The van der Waals surface area contributed by atoms with Crippen LogP contribution in [0, 0.1) is 6.92 Å². The van der Waals surface area contributed by atoms with Crippen molar-refractivity contribution in [1.29, 1.82) is 0 Å². The molecule has 4 rings (SSSR count). The zero-order valence-electron chi connectivity index (χ0n) is 16.4. The topological polar surface area (TPSA) is 93.3 Å². The lowest BCUT2D eigenvalue weighted by Gasteiger charge is -2.09. The second kappa shape index (κ2) is 7.36. The number of aromatic nitrogens is 2. The third kappa shape index (κ3) is 3.06. The average molecular weight is 401 g/mol. The summed E-state index contributed by atoms with van der Waals surface area (Å²) in [6.45, 7) is 1.74. The van der Waals surface area contributed by atoms with Crippen molar-refractivity contribution in [3.05, 3.63) is 93.9 Å². The van der Waals surface area contributed by atoms with Crippen LogP contribution >= 0.6 is 0 Å². The maximum absolute atomic E-state index is 13.1. The van der Waals surface area contributed by atoms with Gasteiger partial charge in [0.1, 0.15) is 5.69 Å². The lowest BCUT2D eigenvalue weighted by molar-refractivity contribution is 0.0699. The number of nitrogens with zero attached hydrogens (tertiary/aromatic N) is 2. The molecule has 0 saturated carbocycles. The van der Waals surface area contributed by atoms with Crippen LogP contribution in [0.25, 0.3) is 16.5 Å². The number of anilines is 1. The Balaban J connectivity index is 1.82. The fourth-order valence-corrected chi connectivity index (χ4v) is 3.60. The minimum absolute atomic E-state index is 0.0322. The molecule has 7 nitrogen and oxygen atoms in total. The van der Waals surface area contributed by atoms with Crippen molar-refractivity contribution in [2.75, 3.05) is 5.32 Å². The maximum Gasteiger partial charge on any atom is 0.336 e. The first-order valence-electron chi connectivity index (χ1n) is 9.30. The largest absolute Gasteiger partial charge is 0.478 e. The normalized spacial score (nSPS) is 10.9. The van der Waals surface area contributed by atoms with Gasteiger partial charge >= 0.3 is 5.97 Å². The smallest absolute Gasteiger partial charge is 0.336 e. The Labute approximate surface area is 171 Å². The summed E-state index contributed by atoms with van der Waals surface area (Å²) in [4.78, 5) is 37.8. The molecule has 0 fully saturated rings. The zero-order chi connectivity index (χ0) is 21.4. The van der Waals surface area contributed by atoms with Crippen molar-refractivity contribution >= 4 is 28.3 Å². The Kier molecular flexibility index (Phi) is 4.71. The average Bonchev–Trinajstić information content (AvgIpc) is 2.96. The molecule has 3 aromatic carbocycles. The van der Waals surface area contributed by atoms with Gasteiger partial charge in [0, 0.05) is 18.0 Å². The van der Waals surface area contributed by atoms with E-state index in [-0.39, 0.29) is 22.4 Å². The molecule has 1 heterocycles. The molecular formula is C23H19N3O4. The van der Waals surface area contributed by atoms with Gasteiger partial charge in [0.25, 0.3) is 11.5 Å². The zero-order valence-corrected chi connectivity index (χ0v) is 16.4. The number of amides is 1. The van der Waals surface area contributed by atoms with Crippen LogP contribution < -0.4 is 10.9 Å². The Bertz CT molecular complexity index is 1350. The number of carboxylic acids is 1. The van der Waals surface area contributed by atoms with Gasteiger partial charge in [0.2, 0.25) is 0 Å². The second-order valence-electron chi connectivity index (χ2n) is 6.91. The van der Waals surface area contributed by atoms with E-state index in [0.29, 0.717) is 22.2 Å². The first kappa shape index (κ1) is 19.2. The van der Waals surface area contributed by atoms with Crippen LogP contribution in [0.15, 0.2) is 71.5 Å². The van der Waals surface area contributed by atoms with Gasteiger partial charge in [-0.25, -0.2) is 9.48 Å². The van der Waals surface area contributed by atoms with E-state index in [1.807, 2.05) is 18.2 Å². The minimum Gasteiger partial charge on any atom is -0.478 e. The van der Waals surface area contributed by atoms with Crippen LogP contribution in [0.5, 0.6) is 0 Å². The molecule has 30 heavy (non-hydrogen) atoms. The first-order valence-corrected chi connectivity index (χ1v) is 9.30. The number of nitrogens with one attached hydrogen (secondary N) is 1. The number of benzene rings is 3. The number of fused-ring (bicyclic) bond motifs is 1. The minimum atomic E-state index is -1.12. The SMILES string of the molecule is Cc1c(NC(=O)c2cccc3cccc(C(=O)O)c23)c(=O)n(-c2ccccc2)n1C. The molecule has 0 atom stereocenters. The van der Waals surface area contributed by atoms with Crippen molar-refractivity contribution in [1.82, 2.24) is 9.36 Å². The highest BCUT2D eigenvalue weighted by molar-refractivity contribution is 6.17. The predicted molar refractivity (Wildman–Crippen MR) is 115 cm³/mol. The molecular weight excluding hydrogens is 382 g/mol. The molecule has 0 spiro atoms. The highest BCUT2D eigenvalue weighted by Gasteiger charge is 2.21. The molecule has 0 aliphatic carbocycles. The summed E-state index contributed by atoms with van der Waals surface area (Å²) in [5.41, 5.74) is 1.26. The molecule has 0 aliphatic rings. The molecule has 0 aliphatic heterocycles. The Morgan fingerprint density at radius 1 is 0.900 bits per heavy atom. The van der Waals surface area contributed by atoms with E-state index < -0.39 is 11.9 Å². The molecule has 150 valence electrons. The summed E-state index contributed by atoms with van der Waals surface area (Å²) >= 11 is 0. The Hall–Kier alpha value is -4.13. The van der Waals surface area contributed by atoms with Gasteiger partial charge < -0.3 is 10.4 Å². The molecule has 4 aromatic rings. The van der Waals surface area contributed by atoms with Crippen molar-refractivity contribution in [3.63, 3.8) is 0 Å². The number of hydrogen-bond acceptors (Lipinski definition) is 3. The molecule has 2 N–H and O–H groups in total. The number of aromatic carboxylic acids is 1. The van der Waals surface area contributed by atoms with Crippen molar-refractivity contribution in [3.8, 4) is 5.69 Å². The monoisotopic (exact) mass is 401 g/mol. The third-order valence-electron chi connectivity index (χ3n) is 5.17. The third-order valence-corrected chi connectivity index (χ3v) is 5.17. The fourth-order valence-electron chi connectivity index (χ4n) is 3.60. The van der Waals surface area contributed by atoms with Gasteiger partial charge in [-0.05, 0) is 36.6 Å². The standard InChI is InChI=1S/C23H19N3O4/c1-14-20(22(28)26(25(14)2)16-10-4-3-5-11-16)24-21(27)17-12-6-8-15-9-7-13-18(19(15)17)23(29)30/h3-13H,1-2H3,(H,24,27)(H,29,30). The molecule has 1 amide bonds. The molecule has 7 heteroatoms. The van der Waals surface area contributed by atoms with E-state index >= 15 is 0 Å². The van der Waals surface area contributed by atoms with Crippen LogP contribution in [0.4, 0.5) is 5.69 Å². The van der Waals surface area contributed by atoms with Crippen LogP contribution in [0.1, 0.15) is 26.4 Å². The number of carbonyl (C=O) groups is 2. The summed E-state index contributed by atoms with van der Waals surface area (Å²) < 4.78 is 3.13. The summed E-state index contributed by atoms with van der Waals surface area (Å²) in [6.07, 6.45) is 0. The number of para-hydroxylation sites is 1. The summed E-state index contributed by atoms with van der Waals surface area (Å²) in [5, 5.41) is 13.2. The van der Waals surface area contributed by atoms with Crippen molar-refractivity contribution in [2.45, 2.75) is 6.92 Å². The van der Waals surface area contributed by atoms with Gasteiger partial charge in [-0.3, -0.25) is 14.3 Å². The van der Waals surface area contributed by atoms with E-state index in [2.05, 4.69) is 5.32 Å². The van der Waals surface area contributed by atoms with Gasteiger partial charge in [0.05, 0.1) is 16.9 Å². The number of hydrogen-bond donors (Lipinski definition) is 2. The lowest BCUT2D eigenvalue weighted by Crippen LogP contribution is -2.23. The Morgan fingerprint density at radius 2 is 1.53 bits per heavy atom. The number of carboxylic acid groups (broad SMARTS) is 1. The van der Waals surface area contributed by atoms with E-state index in [1.54, 1.807) is 61.1 Å². The molecule has 0 saturated heterocycles. The molecule has 0 unspecified atom stereocenters. The highest BCUT2D eigenvalue weighted by atomic mass is 16.4. The molecule has 0 bridgehead atoms. The van der Waals surface area contributed by atoms with Crippen LogP contribution in [0.3, 0.4) is 0 Å². The van der Waals surface area contributed by atoms with Crippen molar-refractivity contribution in [2.24, 2.45) is 7.05 Å². The van der Waals surface area contributed by atoms with E-state index in [9.17, 15) is 19.5 Å². The summed E-state index contributed by atoms with van der Waals surface area (Å²) in [6, 6.07) is 18.9. The number of carbonyl (C=O) groups excluding carboxylic acids is 1. The summed E-state index contributed by atoms with van der Waals surface area (Å²) in [5.74, 6) is -1.66. The van der Waals surface area contributed by atoms with Crippen LogP contribution in [-0.4, -0.2) is 26.3 Å². The summed E-state index contributed by atoms with van der Waals surface area (Å²) in [7, 11) is 1.74. The van der Waals surface area contributed by atoms with Gasteiger partial charge in [0.15, 0.2) is 0 Å². The Morgan fingerprint density at radius 3 is 2.17 bits per heavy atom. The van der Waals surface area contributed by atoms with Crippen molar-refractivity contribution < 1.29 is 14.7 Å². The fraction of sp³-hybridized carbons (Fsp3) is 0.0870.